The molecule has 110 valence electrons. The normalized spacial score (nSPS) is 10.3. The molecule has 0 aromatic heterocycles. The summed E-state index contributed by atoms with van der Waals surface area (Å²) in [4.78, 5) is 11.9. The van der Waals surface area contributed by atoms with Crippen molar-refractivity contribution in [1.29, 1.82) is 0 Å². The van der Waals surface area contributed by atoms with Crippen LogP contribution in [0.3, 0.4) is 0 Å². The smallest absolute Gasteiger partial charge is 0.262 e. The summed E-state index contributed by atoms with van der Waals surface area (Å²) in [5.74, 6) is 0.478. The van der Waals surface area contributed by atoms with Crippen molar-refractivity contribution in [3.05, 3.63) is 58.1 Å². The van der Waals surface area contributed by atoms with Gasteiger partial charge in [0.05, 0.1) is 10.7 Å². The predicted octanol–water partition coefficient (Wildman–Crippen LogP) is 4.28. The maximum absolute atomic E-state index is 11.9. The Morgan fingerprint density at radius 2 is 1.76 bits per heavy atom. The zero-order valence-corrected chi connectivity index (χ0v) is 13.1. The van der Waals surface area contributed by atoms with Crippen LogP contribution in [0.4, 0.5) is 5.69 Å². The van der Waals surface area contributed by atoms with Crippen LogP contribution in [0.25, 0.3) is 0 Å². The number of amides is 1. The largest absolute Gasteiger partial charge is 0.483 e. The minimum Gasteiger partial charge on any atom is -0.483 e. The second-order valence-electron chi connectivity index (χ2n) is 5.09. The summed E-state index contributed by atoms with van der Waals surface area (Å²) in [5.41, 5.74) is 3.81. The van der Waals surface area contributed by atoms with Crippen LogP contribution in [0.2, 0.25) is 5.02 Å². The van der Waals surface area contributed by atoms with Crippen molar-refractivity contribution in [2.45, 2.75) is 20.8 Å². The first-order valence-electron chi connectivity index (χ1n) is 6.72. The van der Waals surface area contributed by atoms with Gasteiger partial charge in [0, 0.05) is 0 Å². The highest BCUT2D eigenvalue weighted by molar-refractivity contribution is 6.33. The van der Waals surface area contributed by atoms with Gasteiger partial charge in [0.1, 0.15) is 5.75 Å². The number of carbonyl (C=O) groups is 1. The number of nitrogens with one attached hydrogen (secondary N) is 1. The SMILES string of the molecule is Cc1ccc(OCC(=O)Nc2ccc(C)cc2Cl)c(C)c1. The average Bonchev–Trinajstić information content (AvgIpc) is 2.41. The van der Waals surface area contributed by atoms with E-state index >= 15 is 0 Å². The second kappa shape index (κ2) is 6.64. The number of aryl methyl sites for hydroxylation is 3. The number of halogens is 1. The molecule has 0 radical (unpaired) electrons. The van der Waals surface area contributed by atoms with Crippen molar-refractivity contribution in [2.24, 2.45) is 0 Å². The summed E-state index contributed by atoms with van der Waals surface area (Å²) >= 11 is 6.08. The van der Waals surface area contributed by atoms with E-state index < -0.39 is 0 Å². The number of carbonyl (C=O) groups excluding carboxylic acids is 1. The van der Waals surface area contributed by atoms with Crippen LogP contribution < -0.4 is 10.1 Å². The fourth-order valence-electron chi connectivity index (χ4n) is 2.01. The first kappa shape index (κ1) is 15.4. The third-order valence-electron chi connectivity index (χ3n) is 3.09. The van der Waals surface area contributed by atoms with E-state index in [1.165, 1.54) is 0 Å². The van der Waals surface area contributed by atoms with Gasteiger partial charge < -0.3 is 10.1 Å². The van der Waals surface area contributed by atoms with E-state index in [-0.39, 0.29) is 12.5 Å². The molecule has 1 amide bonds. The lowest BCUT2D eigenvalue weighted by atomic mass is 10.1. The van der Waals surface area contributed by atoms with E-state index in [2.05, 4.69) is 5.32 Å². The van der Waals surface area contributed by atoms with Crippen LogP contribution in [-0.2, 0) is 4.79 Å². The topological polar surface area (TPSA) is 38.3 Å². The number of anilines is 1. The number of rotatable bonds is 4. The van der Waals surface area contributed by atoms with E-state index in [9.17, 15) is 4.79 Å². The fourth-order valence-corrected chi connectivity index (χ4v) is 2.29. The lowest BCUT2D eigenvalue weighted by molar-refractivity contribution is -0.118. The van der Waals surface area contributed by atoms with Crippen LogP contribution in [0.15, 0.2) is 36.4 Å². The van der Waals surface area contributed by atoms with Gasteiger partial charge in [0.25, 0.3) is 5.91 Å². The highest BCUT2D eigenvalue weighted by atomic mass is 35.5. The quantitative estimate of drug-likeness (QED) is 0.915. The number of ether oxygens (including phenoxy) is 1. The van der Waals surface area contributed by atoms with Gasteiger partial charge in [0.15, 0.2) is 6.61 Å². The van der Waals surface area contributed by atoms with Crippen LogP contribution in [0.1, 0.15) is 16.7 Å². The molecule has 0 saturated heterocycles. The van der Waals surface area contributed by atoms with Crippen molar-refractivity contribution in [1.82, 2.24) is 0 Å². The molecule has 0 saturated carbocycles. The Bertz CT molecular complexity index is 668. The van der Waals surface area contributed by atoms with E-state index in [4.69, 9.17) is 16.3 Å². The van der Waals surface area contributed by atoms with Gasteiger partial charge in [-0.3, -0.25) is 4.79 Å². The maximum atomic E-state index is 11.9. The minimum absolute atomic E-state index is 0.0475. The molecule has 0 bridgehead atoms. The molecule has 2 rings (SSSR count). The molecule has 0 spiro atoms. The van der Waals surface area contributed by atoms with Crippen LogP contribution in [-0.4, -0.2) is 12.5 Å². The van der Waals surface area contributed by atoms with E-state index in [1.54, 1.807) is 6.07 Å². The Hall–Kier alpha value is -2.00. The van der Waals surface area contributed by atoms with Crippen molar-refractivity contribution < 1.29 is 9.53 Å². The molecule has 0 unspecified atom stereocenters. The van der Waals surface area contributed by atoms with Gasteiger partial charge in [-0.15, -0.1) is 0 Å². The Morgan fingerprint density at radius 3 is 2.43 bits per heavy atom. The lowest BCUT2D eigenvalue weighted by Crippen LogP contribution is -2.20. The molecular weight excluding hydrogens is 286 g/mol. The third kappa shape index (κ3) is 4.23. The third-order valence-corrected chi connectivity index (χ3v) is 3.40. The van der Waals surface area contributed by atoms with Gasteiger partial charge >= 0.3 is 0 Å². The molecule has 0 aliphatic rings. The fraction of sp³-hybridized carbons (Fsp3) is 0.235. The molecule has 4 heteroatoms. The zero-order valence-electron chi connectivity index (χ0n) is 12.4. The first-order chi connectivity index (χ1) is 9.95. The Balaban J connectivity index is 1.96. The monoisotopic (exact) mass is 303 g/mol. The van der Waals surface area contributed by atoms with E-state index in [0.29, 0.717) is 16.5 Å². The highest BCUT2D eigenvalue weighted by Gasteiger charge is 2.08. The number of benzene rings is 2. The molecule has 0 aliphatic carbocycles. The van der Waals surface area contributed by atoms with Crippen LogP contribution >= 0.6 is 11.6 Å². The summed E-state index contributed by atoms with van der Waals surface area (Å²) < 4.78 is 5.53. The maximum Gasteiger partial charge on any atom is 0.262 e. The molecule has 0 aliphatic heterocycles. The van der Waals surface area contributed by atoms with Gasteiger partial charge in [-0.25, -0.2) is 0 Å². The van der Waals surface area contributed by atoms with Gasteiger partial charge in [-0.05, 0) is 50.1 Å². The molecule has 0 atom stereocenters. The second-order valence-corrected chi connectivity index (χ2v) is 5.50. The Morgan fingerprint density at radius 1 is 1.10 bits per heavy atom. The van der Waals surface area contributed by atoms with E-state index in [0.717, 1.165) is 16.7 Å². The number of hydrogen-bond donors (Lipinski definition) is 1. The molecule has 0 heterocycles. The van der Waals surface area contributed by atoms with E-state index in [1.807, 2.05) is 51.1 Å². The Labute approximate surface area is 129 Å². The summed E-state index contributed by atoms with van der Waals surface area (Å²) in [5, 5.41) is 3.27. The van der Waals surface area contributed by atoms with Crippen molar-refractivity contribution >= 4 is 23.2 Å². The standard InChI is InChI=1S/C17H18ClNO2/c1-11-5-7-16(13(3)8-11)21-10-17(20)19-15-6-4-12(2)9-14(15)18/h4-9H,10H2,1-3H3,(H,19,20). The molecule has 2 aromatic carbocycles. The van der Waals surface area contributed by atoms with Crippen molar-refractivity contribution in [3.63, 3.8) is 0 Å². The molecule has 0 fully saturated rings. The Kier molecular flexibility index (Phi) is 4.86. The van der Waals surface area contributed by atoms with Crippen LogP contribution in [0.5, 0.6) is 5.75 Å². The molecular formula is C17H18ClNO2. The lowest BCUT2D eigenvalue weighted by Gasteiger charge is -2.11. The minimum atomic E-state index is -0.235. The van der Waals surface area contributed by atoms with Crippen molar-refractivity contribution in [2.75, 3.05) is 11.9 Å². The molecule has 2 aromatic rings. The van der Waals surface area contributed by atoms with Crippen molar-refractivity contribution in [3.8, 4) is 5.75 Å². The summed E-state index contributed by atoms with van der Waals surface area (Å²) in [6, 6.07) is 11.3. The summed E-state index contributed by atoms with van der Waals surface area (Å²) in [6.07, 6.45) is 0. The van der Waals surface area contributed by atoms with Gasteiger partial charge in [-0.1, -0.05) is 35.4 Å². The summed E-state index contributed by atoms with van der Waals surface area (Å²) in [7, 11) is 0. The van der Waals surface area contributed by atoms with Gasteiger partial charge in [-0.2, -0.15) is 0 Å². The highest BCUT2D eigenvalue weighted by Crippen LogP contribution is 2.23. The van der Waals surface area contributed by atoms with Crippen LogP contribution in [0, 0.1) is 20.8 Å². The predicted molar refractivity (Wildman–Crippen MR) is 86.2 cm³/mol. The average molecular weight is 304 g/mol. The zero-order chi connectivity index (χ0) is 15.4. The van der Waals surface area contributed by atoms with Gasteiger partial charge in [0.2, 0.25) is 0 Å². The first-order valence-corrected chi connectivity index (χ1v) is 7.09. The molecule has 1 N–H and O–H groups in total. The molecule has 21 heavy (non-hydrogen) atoms. The summed E-state index contributed by atoms with van der Waals surface area (Å²) in [6.45, 7) is 5.87. The number of hydrogen-bond acceptors (Lipinski definition) is 2. The molecule has 3 nitrogen and oxygen atoms in total.